The lowest BCUT2D eigenvalue weighted by atomic mass is 10.0. The number of nitrogens with two attached hydrogens (primary N) is 1. The lowest BCUT2D eigenvalue weighted by Crippen LogP contribution is -2.48. The summed E-state index contributed by atoms with van der Waals surface area (Å²) in [6.45, 7) is 5.53. The monoisotopic (exact) mass is 239 g/mol. The van der Waals surface area contributed by atoms with E-state index in [9.17, 15) is 4.79 Å². The molecule has 1 saturated heterocycles. The third-order valence-electron chi connectivity index (χ3n) is 4.29. The number of hydrogen-bond donors (Lipinski definition) is 2. The van der Waals surface area contributed by atoms with E-state index >= 15 is 0 Å². The van der Waals surface area contributed by atoms with Gasteiger partial charge in [-0.2, -0.15) is 0 Å². The van der Waals surface area contributed by atoms with E-state index in [0.29, 0.717) is 6.04 Å². The first-order chi connectivity index (χ1) is 8.20. The summed E-state index contributed by atoms with van der Waals surface area (Å²) >= 11 is 0. The molecule has 1 amide bonds. The van der Waals surface area contributed by atoms with Crippen molar-refractivity contribution in [2.24, 2.45) is 11.7 Å². The van der Waals surface area contributed by atoms with Crippen LogP contribution in [0.2, 0.25) is 0 Å². The minimum Gasteiger partial charge on any atom is -0.353 e. The fraction of sp³-hybridized carbons (Fsp3) is 0.923. The lowest BCUT2D eigenvalue weighted by Gasteiger charge is -2.32. The van der Waals surface area contributed by atoms with Gasteiger partial charge in [0, 0.05) is 25.2 Å². The summed E-state index contributed by atoms with van der Waals surface area (Å²) in [7, 11) is 0. The highest BCUT2D eigenvalue weighted by Gasteiger charge is 2.31. The highest BCUT2D eigenvalue weighted by atomic mass is 16.2. The highest BCUT2D eigenvalue weighted by Crippen LogP contribution is 2.24. The molecule has 0 aromatic carbocycles. The van der Waals surface area contributed by atoms with Crippen molar-refractivity contribution in [2.75, 3.05) is 19.6 Å². The molecule has 0 spiro atoms. The third-order valence-corrected chi connectivity index (χ3v) is 4.29. The molecule has 0 bridgehead atoms. The lowest BCUT2D eigenvalue weighted by molar-refractivity contribution is -0.126. The molecule has 4 nitrogen and oxygen atoms in total. The summed E-state index contributed by atoms with van der Waals surface area (Å²) in [6, 6.07) is 0.462. The summed E-state index contributed by atoms with van der Waals surface area (Å²) in [6.07, 6.45) is 5.25. The molecule has 1 heterocycles. The second-order valence-electron chi connectivity index (χ2n) is 5.42. The Labute approximate surface area is 104 Å². The fourth-order valence-corrected chi connectivity index (χ4v) is 3.02. The van der Waals surface area contributed by atoms with Gasteiger partial charge in [-0.05, 0) is 32.2 Å². The Bertz CT molecular complexity index is 261. The minimum atomic E-state index is 0.0687. The van der Waals surface area contributed by atoms with Gasteiger partial charge in [0.05, 0.1) is 5.92 Å². The molecule has 2 atom stereocenters. The molecule has 2 rings (SSSR count). The number of rotatable bonds is 3. The summed E-state index contributed by atoms with van der Waals surface area (Å²) < 4.78 is 0. The van der Waals surface area contributed by atoms with Crippen LogP contribution in [0.3, 0.4) is 0 Å². The number of likely N-dealkylation sites (tertiary alicyclic amines) is 1. The average molecular weight is 239 g/mol. The van der Waals surface area contributed by atoms with Gasteiger partial charge < -0.3 is 16.0 Å². The molecule has 98 valence electrons. The highest BCUT2D eigenvalue weighted by molar-refractivity contribution is 5.80. The number of nitrogens with zero attached hydrogens (tertiary/aromatic N) is 1. The van der Waals surface area contributed by atoms with E-state index in [0.717, 1.165) is 51.7 Å². The molecule has 3 N–H and O–H groups in total. The van der Waals surface area contributed by atoms with E-state index < -0.39 is 0 Å². The van der Waals surface area contributed by atoms with E-state index in [1.807, 2.05) is 0 Å². The van der Waals surface area contributed by atoms with Crippen molar-refractivity contribution < 1.29 is 4.79 Å². The van der Waals surface area contributed by atoms with Gasteiger partial charge in [0.15, 0.2) is 0 Å². The summed E-state index contributed by atoms with van der Waals surface area (Å²) in [5, 5.41) is 3.19. The van der Waals surface area contributed by atoms with E-state index in [1.165, 1.54) is 0 Å². The molecule has 0 aromatic rings. The van der Waals surface area contributed by atoms with Crippen LogP contribution in [-0.2, 0) is 4.79 Å². The first kappa shape index (κ1) is 12.8. The maximum Gasteiger partial charge on any atom is 0.224 e. The predicted octanol–water partition coefficient (Wildman–Crippen LogP) is 0.714. The van der Waals surface area contributed by atoms with Crippen LogP contribution in [0.1, 0.15) is 39.0 Å². The smallest absolute Gasteiger partial charge is 0.224 e. The number of carbonyl (C=O) groups excluding carboxylic acids is 1. The van der Waals surface area contributed by atoms with Crippen LogP contribution in [-0.4, -0.2) is 42.5 Å². The number of piperidine rings is 1. The van der Waals surface area contributed by atoms with Crippen molar-refractivity contribution in [3.63, 3.8) is 0 Å². The molecular weight excluding hydrogens is 214 g/mol. The second-order valence-corrected chi connectivity index (χ2v) is 5.42. The molecule has 0 aromatic heterocycles. The van der Waals surface area contributed by atoms with Crippen molar-refractivity contribution in [1.29, 1.82) is 0 Å². The van der Waals surface area contributed by atoms with Crippen molar-refractivity contribution in [2.45, 2.75) is 51.1 Å². The van der Waals surface area contributed by atoms with Crippen molar-refractivity contribution >= 4 is 5.91 Å². The van der Waals surface area contributed by atoms with E-state index in [-0.39, 0.29) is 17.9 Å². The van der Waals surface area contributed by atoms with Crippen LogP contribution in [0.4, 0.5) is 0 Å². The minimum absolute atomic E-state index is 0.0687. The zero-order chi connectivity index (χ0) is 12.3. The number of nitrogens with one attached hydrogen (secondary N) is 1. The van der Waals surface area contributed by atoms with Crippen molar-refractivity contribution in [3.8, 4) is 0 Å². The number of hydrogen-bond acceptors (Lipinski definition) is 3. The van der Waals surface area contributed by atoms with Gasteiger partial charge in [-0.3, -0.25) is 4.79 Å². The second kappa shape index (κ2) is 5.83. The van der Waals surface area contributed by atoms with Crippen LogP contribution in [0.5, 0.6) is 0 Å². The number of carbonyl (C=O) groups is 1. The Hall–Kier alpha value is -0.610. The largest absolute Gasteiger partial charge is 0.353 e. The first-order valence-electron chi connectivity index (χ1n) is 6.99. The molecular formula is C13H25N3O. The first-order valence-corrected chi connectivity index (χ1v) is 6.99. The van der Waals surface area contributed by atoms with Crippen LogP contribution >= 0.6 is 0 Å². The third kappa shape index (κ3) is 3.19. The van der Waals surface area contributed by atoms with Crippen molar-refractivity contribution in [1.82, 2.24) is 10.2 Å². The average Bonchev–Trinajstić information content (AvgIpc) is 2.76. The standard InChI is InChI=1S/C13H25N3O/c1-2-16-8-6-10(7-9-16)15-13(17)11-4-3-5-12(11)14/h10-12H,2-9,14H2,1H3,(H,15,17). The van der Waals surface area contributed by atoms with Crippen LogP contribution < -0.4 is 11.1 Å². The number of amides is 1. The Kier molecular flexibility index (Phi) is 4.40. The molecule has 2 unspecified atom stereocenters. The van der Waals surface area contributed by atoms with Crippen LogP contribution in [0.15, 0.2) is 0 Å². The van der Waals surface area contributed by atoms with Gasteiger partial charge in [0.1, 0.15) is 0 Å². The molecule has 2 aliphatic rings. The molecule has 2 fully saturated rings. The fourth-order valence-electron chi connectivity index (χ4n) is 3.02. The van der Waals surface area contributed by atoms with Crippen molar-refractivity contribution in [3.05, 3.63) is 0 Å². The predicted molar refractivity (Wildman–Crippen MR) is 68.6 cm³/mol. The summed E-state index contributed by atoms with van der Waals surface area (Å²) in [5.41, 5.74) is 5.96. The topological polar surface area (TPSA) is 58.4 Å². The normalized spacial score (nSPS) is 31.6. The zero-order valence-electron chi connectivity index (χ0n) is 10.8. The Morgan fingerprint density at radius 1 is 1.29 bits per heavy atom. The summed E-state index contributed by atoms with van der Waals surface area (Å²) in [5.74, 6) is 0.268. The molecule has 0 radical (unpaired) electrons. The van der Waals surface area contributed by atoms with Gasteiger partial charge in [-0.1, -0.05) is 13.3 Å². The Morgan fingerprint density at radius 3 is 2.53 bits per heavy atom. The maximum atomic E-state index is 12.1. The maximum absolute atomic E-state index is 12.1. The van der Waals surface area contributed by atoms with Crippen LogP contribution in [0.25, 0.3) is 0 Å². The van der Waals surface area contributed by atoms with Crippen LogP contribution in [0, 0.1) is 5.92 Å². The Morgan fingerprint density at radius 2 is 2.00 bits per heavy atom. The molecule has 17 heavy (non-hydrogen) atoms. The zero-order valence-corrected chi connectivity index (χ0v) is 10.8. The summed E-state index contributed by atoms with van der Waals surface area (Å²) in [4.78, 5) is 14.5. The molecule has 1 aliphatic heterocycles. The SMILES string of the molecule is CCN1CCC(NC(=O)C2CCCC2N)CC1. The van der Waals surface area contributed by atoms with Gasteiger partial charge >= 0.3 is 0 Å². The van der Waals surface area contributed by atoms with E-state index in [1.54, 1.807) is 0 Å². The molecule has 1 aliphatic carbocycles. The van der Waals surface area contributed by atoms with E-state index in [2.05, 4.69) is 17.1 Å². The molecule has 1 saturated carbocycles. The Balaban J connectivity index is 1.76. The van der Waals surface area contributed by atoms with E-state index in [4.69, 9.17) is 5.73 Å². The van der Waals surface area contributed by atoms with Gasteiger partial charge in [-0.15, -0.1) is 0 Å². The molecule has 4 heteroatoms. The van der Waals surface area contributed by atoms with Gasteiger partial charge in [0.25, 0.3) is 0 Å². The van der Waals surface area contributed by atoms with Gasteiger partial charge in [-0.25, -0.2) is 0 Å². The quantitative estimate of drug-likeness (QED) is 0.763. The van der Waals surface area contributed by atoms with Gasteiger partial charge in [0.2, 0.25) is 5.91 Å².